The van der Waals surface area contributed by atoms with Crippen LogP contribution < -0.4 is 14.4 Å². The second-order valence-corrected chi connectivity index (χ2v) is 8.35. The first kappa shape index (κ1) is 22.8. The molecule has 36 heavy (non-hydrogen) atoms. The average molecular weight is 480 g/mol. The Kier molecular flexibility index (Phi) is 5.69. The van der Waals surface area contributed by atoms with Gasteiger partial charge in [0, 0.05) is 6.07 Å². The molecule has 0 aromatic heterocycles. The summed E-state index contributed by atoms with van der Waals surface area (Å²) in [4.78, 5) is 37.7. The molecule has 0 radical (unpaired) electrons. The fourth-order valence-electron chi connectivity index (χ4n) is 3.89. The van der Waals surface area contributed by atoms with Gasteiger partial charge in [-0.3, -0.25) is 19.7 Å². The van der Waals surface area contributed by atoms with Crippen molar-refractivity contribution in [3.05, 3.63) is 117 Å². The van der Waals surface area contributed by atoms with Crippen molar-refractivity contribution < 1.29 is 24.0 Å². The highest BCUT2D eigenvalue weighted by Gasteiger charge is 2.37. The molecule has 0 saturated carbocycles. The van der Waals surface area contributed by atoms with Crippen molar-refractivity contribution in [2.24, 2.45) is 0 Å². The summed E-state index contributed by atoms with van der Waals surface area (Å²) < 4.78 is 11.6. The fraction of sp³-hybridized carbons (Fsp3) is 0.0714. The van der Waals surface area contributed by atoms with Crippen LogP contribution in [0, 0.1) is 24.0 Å². The van der Waals surface area contributed by atoms with Crippen LogP contribution in [0.2, 0.25) is 0 Å². The number of anilines is 1. The van der Waals surface area contributed by atoms with Gasteiger partial charge < -0.3 is 9.47 Å². The zero-order valence-electron chi connectivity index (χ0n) is 19.4. The number of benzene rings is 4. The Hall–Kier alpha value is -4.98. The van der Waals surface area contributed by atoms with Gasteiger partial charge in [-0.2, -0.15) is 0 Å². The lowest BCUT2D eigenvalue weighted by atomic mass is 10.1. The standard InChI is InChI=1S/C28H20N2O6/c1-17-6-9-23(14-18(17)2)35-21-10-7-19(8-11-21)29-27(31)25-13-12-24(16-26(25)28(29)32)36-22-5-3-4-20(15-22)30(33)34/h3-16H,1-2H3. The first-order valence-electron chi connectivity index (χ1n) is 11.1. The molecule has 0 fully saturated rings. The number of carbonyl (C=O) groups is 2. The summed E-state index contributed by atoms with van der Waals surface area (Å²) in [5.74, 6) is 0.877. The molecule has 0 spiro atoms. The molecule has 1 heterocycles. The topological polar surface area (TPSA) is 99.0 Å². The maximum atomic E-state index is 13.1. The molecule has 0 unspecified atom stereocenters. The van der Waals surface area contributed by atoms with Gasteiger partial charge in [0.15, 0.2) is 0 Å². The third-order valence-corrected chi connectivity index (χ3v) is 5.93. The number of fused-ring (bicyclic) bond motifs is 1. The van der Waals surface area contributed by atoms with Crippen LogP contribution in [0.15, 0.2) is 84.9 Å². The second-order valence-electron chi connectivity index (χ2n) is 8.35. The molecular weight excluding hydrogens is 460 g/mol. The summed E-state index contributed by atoms with van der Waals surface area (Å²) in [6, 6.07) is 22.8. The number of aryl methyl sites for hydroxylation is 2. The summed E-state index contributed by atoms with van der Waals surface area (Å²) in [7, 11) is 0. The Balaban J connectivity index is 1.35. The minimum Gasteiger partial charge on any atom is -0.457 e. The van der Waals surface area contributed by atoms with Gasteiger partial charge in [0.05, 0.1) is 27.8 Å². The Morgan fingerprint density at radius 2 is 1.28 bits per heavy atom. The molecule has 0 aliphatic carbocycles. The third kappa shape index (κ3) is 4.27. The van der Waals surface area contributed by atoms with E-state index in [4.69, 9.17) is 9.47 Å². The summed E-state index contributed by atoms with van der Waals surface area (Å²) >= 11 is 0. The summed E-state index contributed by atoms with van der Waals surface area (Å²) in [5.41, 5.74) is 3.02. The molecule has 2 amide bonds. The van der Waals surface area contributed by atoms with Crippen LogP contribution in [0.3, 0.4) is 0 Å². The normalized spacial score (nSPS) is 12.4. The van der Waals surface area contributed by atoms with E-state index in [2.05, 4.69) is 0 Å². The minimum atomic E-state index is -0.520. The van der Waals surface area contributed by atoms with Gasteiger partial charge in [-0.15, -0.1) is 0 Å². The second kappa shape index (κ2) is 8.99. The number of rotatable bonds is 6. The van der Waals surface area contributed by atoms with Gasteiger partial charge in [-0.05, 0) is 85.6 Å². The van der Waals surface area contributed by atoms with E-state index in [1.165, 1.54) is 35.9 Å². The summed E-state index contributed by atoms with van der Waals surface area (Å²) in [6.45, 7) is 4.03. The number of non-ortho nitro benzene ring substituents is 1. The lowest BCUT2D eigenvalue weighted by Crippen LogP contribution is -2.29. The van der Waals surface area contributed by atoms with E-state index in [1.54, 1.807) is 36.4 Å². The van der Waals surface area contributed by atoms with Gasteiger partial charge in [0.1, 0.15) is 23.0 Å². The molecule has 178 valence electrons. The first-order valence-corrected chi connectivity index (χ1v) is 11.1. The monoisotopic (exact) mass is 480 g/mol. The predicted molar refractivity (Wildman–Crippen MR) is 133 cm³/mol. The number of ether oxygens (including phenoxy) is 2. The first-order chi connectivity index (χ1) is 17.3. The van der Waals surface area contributed by atoms with Gasteiger partial charge in [-0.25, -0.2) is 4.90 Å². The van der Waals surface area contributed by atoms with E-state index >= 15 is 0 Å². The summed E-state index contributed by atoms with van der Waals surface area (Å²) in [5, 5.41) is 11.0. The molecule has 4 aromatic rings. The van der Waals surface area contributed by atoms with Crippen LogP contribution in [0.25, 0.3) is 0 Å². The van der Waals surface area contributed by atoms with Gasteiger partial charge in [0.2, 0.25) is 0 Å². The zero-order valence-corrected chi connectivity index (χ0v) is 19.4. The molecule has 0 N–H and O–H groups in total. The van der Waals surface area contributed by atoms with E-state index in [0.717, 1.165) is 10.5 Å². The van der Waals surface area contributed by atoms with E-state index in [9.17, 15) is 19.7 Å². The molecule has 1 aliphatic rings. The fourth-order valence-corrected chi connectivity index (χ4v) is 3.89. The van der Waals surface area contributed by atoms with Gasteiger partial charge >= 0.3 is 0 Å². The Labute approximate surface area is 206 Å². The Morgan fingerprint density at radius 3 is 2.00 bits per heavy atom. The van der Waals surface area contributed by atoms with Crippen LogP contribution in [0.1, 0.15) is 31.8 Å². The van der Waals surface area contributed by atoms with Crippen LogP contribution in [-0.2, 0) is 0 Å². The SMILES string of the molecule is Cc1ccc(Oc2ccc(N3C(=O)c4ccc(Oc5cccc([N+](=O)[O-])c5)cc4C3=O)cc2)cc1C. The number of carbonyl (C=O) groups excluding carboxylic acids is 2. The Bertz CT molecular complexity index is 1530. The molecule has 0 saturated heterocycles. The van der Waals surface area contributed by atoms with E-state index in [0.29, 0.717) is 17.2 Å². The van der Waals surface area contributed by atoms with Crippen molar-refractivity contribution in [3.8, 4) is 23.0 Å². The smallest absolute Gasteiger partial charge is 0.273 e. The number of imide groups is 1. The quantitative estimate of drug-likeness (QED) is 0.175. The number of hydrogen-bond donors (Lipinski definition) is 0. The molecule has 0 bridgehead atoms. The van der Waals surface area contributed by atoms with E-state index < -0.39 is 16.7 Å². The molecule has 1 aliphatic heterocycles. The van der Waals surface area contributed by atoms with Crippen LogP contribution in [0.4, 0.5) is 11.4 Å². The van der Waals surface area contributed by atoms with Gasteiger partial charge in [-0.1, -0.05) is 12.1 Å². The largest absolute Gasteiger partial charge is 0.457 e. The van der Waals surface area contributed by atoms with Crippen molar-refractivity contribution in [1.82, 2.24) is 0 Å². The zero-order chi connectivity index (χ0) is 25.4. The third-order valence-electron chi connectivity index (χ3n) is 5.93. The maximum Gasteiger partial charge on any atom is 0.273 e. The van der Waals surface area contributed by atoms with Crippen molar-refractivity contribution in [2.45, 2.75) is 13.8 Å². The maximum absolute atomic E-state index is 13.1. The number of nitrogens with zero attached hydrogens (tertiary/aromatic N) is 2. The van der Waals surface area contributed by atoms with E-state index in [-0.39, 0.29) is 28.3 Å². The van der Waals surface area contributed by atoms with Crippen molar-refractivity contribution in [3.63, 3.8) is 0 Å². The van der Waals surface area contributed by atoms with E-state index in [1.807, 2.05) is 32.0 Å². The van der Waals surface area contributed by atoms with Crippen LogP contribution in [0.5, 0.6) is 23.0 Å². The van der Waals surface area contributed by atoms with Gasteiger partial charge in [0.25, 0.3) is 17.5 Å². The highest BCUT2D eigenvalue weighted by atomic mass is 16.6. The predicted octanol–water partition coefficient (Wildman–Crippen LogP) is 6.60. The van der Waals surface area contributed by atoms with Crippen molar-refractivity contribution >= 4 is 23.2 Å². The Morgan fingerprint density at radius 1 is 0.667 bits per heavy atom. The molecular formula is C28H20N2O6. The molecule has 8 heteroatoms. The lowest BCUT2D eigenvalue weighted by molar-refractivity contribution is -0.384. The highest BCUT2D eigenvalue weighted by molar-refractivity contribution is 6.34. The summed E-state index contributed by atoms with van der Waals surface area (Å²) in [6.07, 6.45) is 0. The van der Waals surface area contributed by atoms with Crippen molar-refractivity contribution in [1.29, 1.82) is 0 Å². The lowest BCUT2D eigenvalue weighted by Gasteiger charge is -2.15. The molecule has 4 aromatic carbocycles. The van der Waals surface area contributed by atoms with Crippen LogP contribution in [-0.4, -0.2) is 16.7 Å². The molecule has 5 rings (SSSR count). The number of amides is 2. The number of nitro benzene ring substituents is 1. The number of hydrogen-bond acceptors (Lipinski definition) is 6. The highest BCUT2D eigenvalue weighted by Crippen LogP contribution is 2.34. The van der Waals surface area contributed by atoms with Crippen molar-refractivity contribution in [2.75, 3.05) is 4.90 Å². The number of nitro groups is 1. The molecule has 0 atom stereocenters. The van der Waals surface area contributed by atoms with Crippen LogP contribution >= 0.6 is 0 Å². The average Bonchev–Trinajstić information content (AvgIpc) is 3.11. The molecule has 8 nitrogen and oxygen atoms in total. The minimum absolute atomic E-state index is 0.115.